The summed E-state index contributed by atoms with van der Waals surface area (Å²) >= 11 is 0. The van der Waals surface area contributed by atoms with Crippen LogP contribution in [0.25, 0.3) is 0 Å². The second-order valence-corrected chi connectivity index (χ2v) is 6.33. The molecule has 16 heteroatoms. The fourth-order valence-corrected chi connectivity index (χ4v) is 2.25. The summed E-state index contributed by atoms with van der Waals surface area (Å²) in [6.07, 6.45) is -26.9. The number of carbonyl (C=O) groups is 1. The molecule has 0 aliphatic heterocycles. The van der Waals surface area contributed by atoms with Crippen LogP contribution in [0.3, 0.4) is 0 Å². The maximum absolute atomic E-state index is 13.1. The summed E-state index contributed by atoms with van der Waals surface area (Å²) in [4.78, 5) is 11.5. The van der Waals surface area contributed by atoms with Gasteiger partial charge in [0.15, 0.2) is 0 Å². The molecule has 0 aromatic heterocycles. The third-order valence-electron chi connectivity index (χ3n) is 3.94. The van der Waals surface area contributed by atoms with Crippen molar-refractivity contribution in [3.63, 3.8) is 0 Å². The SMILES string of the molecule is C.C=C(C)C(=O)Oc1cc(C(O)(C(F)(F)F)C(F)(F)F)cc(C(O)(C(F)(F)F)C(F)(F)F)c1. The molecule has 0 aliphatic carbocycles. The first kappa shape index (κ1) is 30.5. The number of benzene rings is 1. The molecule has 0 aliphatic rings. The Morgan fingerprint density at radius 3 is 1.21 bits per heavy atom. The van der Waals surface area contributed by atoms with Gasteiger partial charge in [-0.25, -0.2) is 4.79 Å². The fraction of sp³-hybridized carbons (Fsp3) is 0.471. The van der Waals surface area contributed by atoms with Crippen molar-refractivity contribution in [2.45, 2.75) is 50.3 Å². The van der Waals surface area contributed by atoms with E-state index in [1.165, 1.54) is 0 Å². The number of carbonyl (C=O) groups excluding carboxylic acids is 1. The van der Waals surface area contributed by atoms with Gasteiger partial charge < -0.3 is 14.9 Å². The van der Waals surface area contributed by atoms with E-state index in [4.69, 9.17) is 0 Å². The molecular weight excluding hydrogens is 496 g/mol. The van der Waals surface area contributed by atoms with Gasteiger partial charge in [-0.05, 0) is 25.1 Å². The molecule has 190 valence electrons. The normalized spacial score (nSPS) is 13.9. The number of halogens is 12. The predicted molar refractivity (Wildman–Crippen MR) is 85.6 cm³/mol. The van der Waals surface area contributed by atoms with E-state index in [1.54, 1.807) is 0 Å². The maximum Gasteiger partial charge on any atom is 0.430 e. The average Bonchev–Trinajstić information content (AvgIpc) is 2.55. The lowest BCUT2D eigenvalue weighted by Gasteiger charge is -2.36. The van der Waals surface area contributed by atoms with Crippen LogP contribution >= 0.6 is 0 Å². The first-order valence-corrected chi connectivity index (χ1v) is 7.66. The highest BCUT2D eigenvalue weighted by atomic mass is 19.4. The Kier molecular flexibility index (Phi) is 8.04. The summed E-state index contributed by atoms with van der Waals surface area (Å²) in [6, 6.07) is -1.92. The second kappa shape index (κ2) is 8.70. The van der Waals surface area contributed by atoms with Gasteiger partial charge in [-0.3, -0.25) is 0 Å². The van der Waals surface area contributed by atoms with Crippen LogP contribution in [-0.2, 0) is 16.0 Å². The minimum absolute atomic E-state index is 0. The van der Waals surface area contributed by atoms with Crippen LogP contribution in [0.5, 0.6) is 5.75 Å². The van der Waals surface area contributed by atoms with Crippen molar-refractivity contribution in [2.24, 2.45) is 0 Å². The molecule has 0 heterocycles. The van der Waals surface area contributed by atoms with Crippen LogP contribution < -0.4 is 4.74 Å². The van der Waals surface area contributed by atoms with E-state index in [-0.39, 0.29) is 7.43 Å². The van der Waals surface area contributed by atoms with Crippen molar-refractivity contribution in [3.8, 4) is 5.75 Å². The number of ether oxygens (including phenoxy) is 1. The minimum atomic E-state index is -6.73. The van der Waals surface area contributed by atoms with E-state index >= 15 is 0 Å². The molecule has 0 spiro atoms. The van der Waals surface area contributed by atoms with Crippen LogP contribution in [0.15, 0.2) is 30.4 Å². The van der Waals surface area contributed by atoms with Gasteiger partial charge in [0.25, 0.3) is 11.2 Å². The number of alkyl halides is 12. The molecule has 4 nitrogen and oxygen atoms in total. The van der Waals surface area contributed by atoms with Crippen molar-refractivity contribution in [2.75, 3.05) is 0 Å². The molecular formula is C17H14F12O4. The number of aliphatic hydroxyl groups is 2. The summed E-state index contributed by atoms with van der Waals surface area (Å²) in [6.45, 7) is 3.83. The Hall–Kier alpha value is -2.49. The molecule has 2 N–H and O–H groups in total. The zero-order valence-corrected chi connectivity index (χ0v) is 15.2. The molecule has 33 heavy (non-hydrogen) atoms. The molecule has 1 aromatic carbocycles. The number of hydrogen-bond acceptors (Lipinski definition) is 4. The summed E-state index contributed by atoms with van der Waals surface area (Å²) < 4.78 is 161. The topological polar surface area (TPSA) is 66.8 Å². The summed E-state index contributed by atoms with van der Waals surface area (Å²) in [7, 11) is 0. The highest BCUT2D eigenvalue weighted by molar-refractivity contribution is 5.88. The quantitative estimate of drug-likeness (QED) is 0.246. The highest BCUT2D eigenvalue weighted by Crippen LogP contribution is 2.54. The molecule has 0 saturated carbocycles. The smallest absolute Gasteiger partial charge is 0.423 e. The molecule has 0 bridgehead atoms. The van der Waals surface area contributed by atoms with Gasteiger partial charge in [0, 0.05) is 16.7 Å². The predicted octanol–water partition coefficient (Wildman–Crippen LogP) is 5.43. The molecule has 0 atom stereocenters. The molecule has 1 aromatic rings. The third-order valence-corrected chi connectivity index (χ3v) is 3.94. The van der Waals surface area contributed by atoms with Gasteiger partial charge in [0.05, 0.1) is 0 Å². The van der Waals surface area contributed by atoms with E-state index in [9.17, 15) is 67.7 Å². The van der Waals surface area contributed by atoms with Crippen molar-refractivity contribution in [3.05, 3.63) is 41.5 Å². The lowest BCUT2D eigenvalue weighted by atomic mass is 9.85. The van der Waals surface area contributed by atoms with Crippen molar-refractivity contribution in [1.82, 2.24) is 0 Å². The molecule has 0 saturated heterocycles. The Labute approximate surface area is 177 Å². The summed E-state index contributed by atoms with van der Waals surface area (Å²) in [5.74, 6) is -3.39. The van der Waals surface area contributed by atoms with Crippen molar-refractivity contribution >= 4 is 5.97 Å². The van der Waals surface area contributed by atoms with Gasteiger partial charge in [-0.15, -0.1) is 0 Å². The first-order valence-electron chi connectivity index (χ1n) is 7.66. The highest BCUT2D eigenvalue weighted by Gasteiger charge is 2.74. The van der Waals surface area contributed by atoms with E-state index in [0.717, 1.165) is 6.92 Å². The third kappa shape index (κ3) is 5.20. The Bertz CT molecular complexity index is 809. The number of esters is 1. The van der Waals surface area contributed by atoms with Crippen LogP contribution in [0.2, 0.25) is 0 Å². The van der Waals surface area contributed by atoms with Crippen molar-refractivity contribution < 1.29 is 72.4 Å². The zero-order valence-electron chi connectivity index (χ0n) is 15.2. The fourth-order valence-electron chi connectivity index (χ4n) is 2.25. The zero-order chi connectivity index (χ0) is 25.7. The van der Waals surface area contributed by atoms with E-state index in [1.807, 2.05) is 0 Å². The van der Waals surface area contributed by atoms with Gasteiger partial charge >= 0.3 is 30.7 Å². The summed E-state index contributed by atoms with van der Waals surface area (Å²) in [5, 5.41) is 18.7. The Balaban J connectivity index is 0.0000102. The van der Waals surface area contributed by atoms with Crippen LogP contribution in [0.4, 0.5) is 52.7 Å². The standard InChI is InChI=1S/C16H10F12O4.CH4/c1-6(2)10(29)32-9-4-7(11(30,13(17,18)19)14(20,21)22)3-8(5-9)12(31,15(23,24)25)16(26,27)28;/h3-5,30-31H,1H2,2H3;1H4. The van der Waals surface area contributed by atoms with Gasteiger partial charge in [-0.1, -0.05) is 14.0 Å². The number of hydrogen-bond donors (Lipinski definition) is 2. The lowest BCUT2D eigenvalue weighted by Crippen LogP contribution is -2.55. The molecule has 1 rings (SSSR count). The van der Waals surface area contributed by atoms with Crippen LogP contribution in [-0.4, -0.2) is 40.9 Å². The van der Waals surface area contributed by atoms with Crippen molar-refractivity contribution in [1.29, 1.82) is 0 Å². The van der Waals surface area contributed by atoms with E-state index in [0.29, 0.717) is 0 Å². The molecule has 0 fully saturated rings. The molecule has 0 amide bonds. The number of rotatable bonds is 4. The van der Waals surface area contributed by atoms with Gasteiger partial charge in [-0.2, -0.15) is 52.7 Å². The monoisotopic (exact) mass is 510 g/mol. The maximum atomic E-state index is 13.1. The van der Waals surface area contributed by atoms with Gasteiger partial charge in [0.2, 0.25) is 0 Å². The molecule has 0 radical (unpaired) electrons. The van der Waals surface area contributed by atoms with E-state index in [2.05, 4.69) is 11.3 Å². The second-order valence-electron chi connectivity index (χ2n) is 6.33. The van der Waals surface area contributed by atoms with Gasteiger partial charge in [0.1, 0.15) is 5.75 Å². The van der Waals surface area contributed by atoms with E-state index < -0.39 is 82.5 Å². The Morgan fingerprint density at radius 2 is 1.00 bits per heavy atom. The minimum Gasteiger partial charge on any atom is -0.423 e. The largest absolute Gasteiger partial charge is 0.430 e. The lowest BCUT2D eigenvalue weighted by molar-refractivity contribution is -0.378. The Morgan fingerprint density at radius 1 is 0.727 bits per heavy atom. The molecule has 0 unspecified atom stereocenters. The van der Waals surface area contributed by atoms with Crippen LogP contribution in [0.1, 0.15) is 25.5 Å². The first-order chi connectivity index (χ1) is 13.9. The average molecular weight is 510 g/mol. The summed E-state index contributed by atoms with van der Waals surface area (Å²) in [5.41, 5.74) is -17.9. The van der Waals surface area contributed by atoms with Crippen LogP contribution in [0, 0.1) is 0 Å².